The van der Waals surface area contributed by atoms with Gasteiger partial charge in [0.2, 0.25) is 5.91 Å². The Kier molecular flexibility index (Phi) is 7.16. The van der Waals surface area contributed by atoms with Crippen LogP contribution in [0.5, 0.6) is 11.5 Å². The van der Waals surface area contributed by atoms with Crippen molar-refractivity contribution in [2.75, 3.05) is 24.8 Å². The molecule has 1 aliphatic carbocycles. The molecule has 0 aliphatic heterocycles. The molecule has 1 heterocycles. The number of benzene rings is 2. The van der Waals surface area contributed by atoms with Crippen LogP contribution in [-0.2, 0) is 4.79 Å². The third-order valence-electron chi connectivity index (χ3n) is 5.30. The maximum absolute atomic E-state index is 12.6. The Morgan fingerprint density at radius 2 is 1.85 bits per heavy atom. The summed E-state index contributed by atoms with van der Waals surface area (Å²) in [6, 6.07) is 19.2. The number of pyridine rings is 1. The zero-order valence-electron chi connectivity index (χ0n) is 18.6. The number of ether oxygens (including phenoxy) is 2. The Labute approximate surface area is 197 Å². The number of methoxy groups -OCH3 is 1. The zero-order chi connectivity index (χ0) is 23.2. The van der Waals surface area contributed by atoms with Crippen LogP contribution in [0.25, 0.3) is 11.1 Å². The number of carbonyl (C=O) groups excluding carboxylic acids is 1. The Bertz CT molecular complexity index is 1170. The molecule has 6 nitrogen and oxygen atoms in total. The van der Waals surface area contributed by atoms with E-state index in [-0.39, 0.29) is 11.7 Å². The molecule has 3 aromatic rings. The van der Waals surface area contributed by atoms with Gasteiger partial charge in [-0.05, 0) is 67.8 Å². The Morgan fingerprint density at radius 3 is 2.45 bits per heavy atom. The maximum atomic E-state index is 12.6. The van der Waals surface area contributed by atoms with Crippen LogP contribution in [0.4, 0.5) is 5.69 Å². The first kappa shape index (κ1) is 22.7. The molecular weight excluding hydrogens is 434 g/mol. The van der Waals surface area contributed by atoms with E-state index in [0.29, 0.717) is 28.8 Å². The van der Waals surface area contributed by atoms with E-state index in [2.05, 4.69) is 11.4 Å². The molecule has 0 spiro atoms. The molecule has 0 unspecified atom stereocenters. The van der Waals surface area contributed by atoms with E-state index in [1.54, 1.807) is 7.11 Å². The standard InChI is InChI=1S/C26H25N3O3S/c1-3-32-21-12-8-19(9-13-21)28-25(30)16-33-26-23(15-27)22(14-24(29-26)18-4-5-18)17-6-10-20(31-2)11-7-17/h6-14,18H,3-5,16H2,1-2H3,(H,28,30). The van der Waals surface area contributed by atoms with Gasteiger partial charge in [0.05, 0.1) is 25.0 Å². The number of rotatable bonds is 9. The van der Waals surface area contributed by atoms with E-state index in [1.165, 1.54) is 11.8 Å². The number of anilines is 1. The largest absolute Gasteiger partial charge is 0.497 e. The molecule has 7 heteroatoms. The zero-order valence-corrected chi connectivity index (χ0v) is 19.4. The number of nitriles is 1. The average molecular weight is 460 g/mol. The van der Waals surface area contributed by atoms with Gasteiger partial charge in [-0.3, -0.25) is 4.79 Å². The summed E-state index contributed by atoms with van der Waals surface area (Å²) in [5, 5.41) is 13.4. The second kappa shape index (κ2) is 10.4. The fourth-order valence-electron chi connectivity index (χ4n) is 3.47. The number of thioether (sulfide) groups is 1. The molecule has 0 atom stereocenters. The normalized spacial score (nSPS) is 12.6. The number of amides is 1. The van der Waals surface area contributed by atoms with Crippen LogP contribution in [0.2, 0.25) is 0 Å². The van der Waals surface area contributed by atoms with Crippen molar-refractivity contribution in [2.45, 2.75) is 30.7 Å². The molecule has 1 saturated carbocycles. The summed E-state index contributed by atoms with van der Waals surface area (Å²) in [6.07, 6.45) is 2.20. The second-order valence-electron chi connectivity index (χ2n) is 7.68. The van der Waals surface area contributed by atoms with Gasteiger partial charge in [0.1, 0.15) is 22.6 Å². The van der Waals surface area contributed by atoms with Gasteiger partial charge in [0.15, 0.2) is 0 Å². The fourth-order valence-corrected chi connectivity index (χ4v) is 4.28. The van der Waals surface area contributed by atoms with Crippen LogP contribution in [-0.4, -0.2) is 30.4 Å². The lowest BCUT2D eigenvalue weighted by Gasteiger charge is -2.13. The number of hydrogen-bond donors (Lipinski definition) is 1. The molecule has 168 valence electrons. The van der Waals surface area contributed by atoms with Crippen LogP contribution in [0.3, 0.4) is 0 Å². The summed E-state index contributed by atoms with van der Waals surface area (Å²) < 4.78 is 10.7. The van der Waals surface area contributed by atoms with E-state index in [4.69, 9.17) is 14.5 Å². The first-order valence-corrected chi connectivity index (χ1v) is 11.8. The maximum Gasteiger partial charge on any atom is 0.234 e. The van der Waals surface area contributed by atoms with Crippen molar-refractivity contribution >= 4 is 23.4 Å². The molecule has 0 radical (unpaired) electrons. The Hall–Kier alpha value is -3.50. The van der Waals surface area contributed by atoms with Gasteiger partial charge < -0.3 is 14.8 Å². The van der Waals surface area contributed by atoms with Gasteiger partial charge in [-0.15, -0.1) is 0 Å². The highest BCUT2D eigenvalue weighted by Gasteiger charge is 2.27. The predicted molar refractivity (Wildman–Crippen MR) is 130 cm³/mol. The van der Waals surface area contributed by atoms with Gasteiger partial charge in [0.25, 0.3) is 0 Å². The summed E-state index contributed by atoms with van der Waals surface area (Å²) in [7, 11) is 1.63. The second-order valence-corrected chi connectivity index (χ2v) is 8.65. The molecule has 4 rings (SSSR count). The number of carbonyl (C=O) groups is 1. The van der Waals surface area contributed by atoms with Gasteiger partial charge in [-0.25, -0.2) is 4.98 Å². The third kappa shape index (κ3) is 5.65. The summed E-state index contributed by atoms with van der Waals surface area (Å²) in [4.78, 5) is 17.3. The number of hydrogen-bond acceptors (Lipinski definition) is 6. The minimum absolute atomic E-state index is 0.155. The highest BCUT2D eigenvalue weighted by Crippen LogP contribution is 2.42. The molecule has 1 aliphatic rings. The van der Waals surface area contributed by atoms with Crippen LogP contribution < -0.4 is 14.8 Å². The molecule has 2 aromatic carbocycles. The van der Waals surface area contributed by atoms with Crippen LogP contribution >= 0.6 is 11.8 Å². The van der Waals surface area contributed by atoms with E-state index in [1.807, 2.05) is 61.5 Å². The monoisotopic (exact) mass is 459 g/mol. The van der Waals surface area contributed by atoms with Crippen molar-refractivity contribution in [2.24, 2.45) is 0 Å². The molecule has 1 N–H and O–H groups in total. The van der Waals surface area contributed by atoms with E-state index in [0.717, 1.165) is 41.2 Å². The van der Waals surface area contributed by atoms with Crippen LogP contribution in [0.1, 0.15) is 36.9 Å². The Balaban J connectivity index is 1.53. The average Bonchev–Trinajstić information content (AvgIpc) is 3.69. The van der Waals surface area contributed by atoms with Crippen LogP contribution in [0, 0.1) is 11.3 Å². The van der Waals surface area contributed by atoms with Crippen molar-refractivity contribution in [1.82, 2.24) is 4.98 Å². The van der Waals surface area contributed by atoms with E-state index < -0.39 is 0 Å². The number of aromatic nitrogens is 1. The van der Waals surface area contributed by atoms with Crippen molar-refractivity contribution in [1.29, 1.82) is 5.26 Å². The SMILES string of the molecule is CCOc1ccc(NC(=O)CSc2nc(C3CC3)cc(-c3ccc(OC)cc3)c2C#N)cc1. The van der Waals surface area contributed by atoms with Gasteiger partial charge in [0, 0.05) is 22.9 Å². The van der Waals surface area contributed by atoms with E-state index >= 15 is 0 Å². The third-order valence-corrected chi connectivity index (χ3v) is 6.28. The highest BCUT2D eigenvalue weighted by molar-refractivity contribution is 8.00. The first-order valence-electron chi connectivity index (χ1n) is 10.9. The minimum atomic E-state index is -0.155. The molecule has 0 saturated heterocycles. The topological polar surface area (TPSA) is 84.2 Å². The molecular formula is C26H25N3O3S. The molecule has 1 fully saturated rings. The van der Waals surface area contributed by atoms with Crippen LogP contribution in [0.15, 0.2) is 59.6 Å². The minimum Gasteiger partial charge on any atom is -0.497 e. The lowest BCUT2D eigenvalue weighted by molar-refractivity contribution is -0.113. The van der Waals surface area contributed by atoms with Gasteiger partial charge in [-0.1, -0.05) is 23.9 Å². The van der Waals surface area contributed by atoms with Gasteiger partial charge in [-0.2, -0.15) is 5.26 Å². The lowest BCUT2D eigenvalue weighted by Crippen LogP contribution is -2.14. The highest BCUT2D eigenvalue weighted by atomic mass is 32.2. The molecule has 0 bridgehead atoms. The molecule has 33 heavy (non-hydrogen) atoms. The summed E-state index contributed by atoms with van der Waals surface area (Å²) in [5.74, 6) is 1.94. The summed E-state index contributed by atoms with van der Waals surface area (Å²) in [6.45, 7) is 2.52. The molecule has 1 aromatic heterocycles. The summed E-state index contributed by atoms with van der Waals surface area (Å²) >= 11 is 1.29. The lowest BCUT2D eigenvalue weighted by atomic mass is 10.00. The quantitative estimate of drug-likeness (QED) is 0.417. The van der Waals surface area contributed by atoms with Crippen molar-refractivity contribution in [3.05, 3.63) is 65.9 Å². The number of nitrogens with zero attached hydrogens (tertiary/aromatic N) is 2. The van der Waals surface area contributed by atoms with Crippen molar-refractivity contribution < 1.29 is 14.3 Å². The molecule has 1 amide bonds. The smallest absolute Gasteiger partial charge is 0.234 e. The first-order chi connectivity index (χ1) is 16.1. The predicted octanol–water partition coefficient (Wildman–Crippen LogP) is 5.64. The van der Waals surface area contributed by atoms with E-state index in [9.17, 15) is 10.1 Å². The Morgan fingerprint density at radius 1 is 1.15 bits per heavy atom. The van der Waals surface area contributed by atoms with Crippen molar-refractivity contribution in [3.8, 4) is 28.7 Å². The van der Waals surface area contributed by atoms with Crippen molar-refractivity contribution in [3.63, 3.8) is 0 Å². The fraction of sp³-hybridized carbons (Fsp3) is 0.269. The summed E-state index contributed by atoms with van der Waals surface area (Å²) in [5.41, 5.74) is 3.93. The number of nitrogens with one attached hydrogen (secondary N) is 1. The van der Waals surface area contributed by atoms with Gasteiger partial charge >= 0.3 is 0 Å².